The molecule has 96 valence electrons. The zero-order chi connectivity index (χ0) is 13.4. The van der Waals surface area contributed by atoms with Gasteiger partial charge in [-0.3, -0.25) is 0 Å². The van der Waals surface area contributed by atoms with E-state index >= 15 is 0 Å². The van der Waals surface area contributed by atoms with Gasteiger partial charge in [0, 0.05) is 5.69 Å². The molecule has 0 saturated heterocycles. The first-order valence-corrected chi connectivity index (χ1v) is 6.35. The highest BCUT2D eigenvalue weighted by Crippen LogP contribution is 2.31. The number of hydrogen-bond acceptors (Lipinski definition) is 3. The van der Waals surface area contributed by atoms with Crippen LogP contribution in [-0.4, -0.2) is 9.97 Å². The van der Waals surface area contributed by atoms with Crippen molar-refractivity contribution in [1.82, 2.24) is 9.97 Å². The van der Waals surface area contributed by atoms with Gasteiger partial charge in [0.1, 0.15) is 0 Å². The minimum atomic E-state index is 0.462. The fraction of sp³-hybridized carbons (Fsp3) is 0. The van der Waals surface area contributed by atoms with Crippen LogP contribution >= 0.6 is 23.2 Å². The minimum absolute atomic E-state index is 0.462. The van der Waals surface area contributed by atoms with Crippen LogP contribution in [0.3, 0.4) is 0 Å². The topological polar surface area (TPSA) is 66.7 Å². The fourth-order valence-electron chi connectivity index (χ4n) is 1.81. The van der Waals surface area contributed by atoms with Crippen molar-refractivity contribution in [2.45, 2.75) is 0 Å². The number of aromatic nitrogens is 2. The molecule has 0 aliphatic carbocycles. The van der Waals surface area contributed by atoms with Crippen molar-refractivity contribution in [3.8, 4) is 0 Å². The molecule has 0 radical (unpaired) electrons. The second-order valence-electron chi connectivity index (χ2n) is 4.09. The Morgan fingerprint density at radius 1 is 1.16 bits per heavy atom. The zero-order valence-electron chi connectivity index (χ0n) is 9.74. The molecule has 1 aromatic heterocycles. The average molecular weight is 293 g/mol. The molecule has 0 spiro atoms. The second-order valence-corrected chi connectivity index (χ2v) is 4.87. The van der Waals surface area contributed by atoms with Crippen LogP contribution in [0.4, 0.5) is 17.3 Å². The third-order valence-electron chi connectivity index (χ3n) is 2.71. The molecule has 4 nitrogen and oxygen atoms in total. The molecule has 3 aromatic rings. The maximum atomic E-state index is 6.11. The lowest BCUT2D eigenvalue weighted by Crippen LogP contribution is -1.93. The predicted molar refractivity (Wildman–Crippen MR) is 80.3 cm³/mol. The fourth-order valence-corrected chi connectivity index (χ4v) is 2.16. The number of imidazole rings is 1. The summed E-state index contributed by atoms with van der Waals surface area (Å²) in [6.07, 6.45) is 0. The molecule has 0 aliphatic heterocycles. The van der Waals surface area contributed by atoms with Gasteiger partial charge in [0.15, 0.2) is 0 Å². The summed E-state index contributed by atoms with van der Waals surface area (Å²) in [5.74, 6) is 0.588. The van der Waals surface area contributed by atoms with E-state index < -0.39 is 0 Å². The maximum absolute atomic E-state index is 6.11. The second kappa shape index (κ2) is 4.64. The SMILES string of the molecule is Nc1ccc2nc(Nc3cccc(Cl)c3Cl)[nH]c2c1. The smallest absolute Gasteiger partial charge is 0.205 e. The zero-order valence-corrected chi connectivity index (χ0v) is 11.3. The highest BCUT2D eigenvalue weighted by Gasteiger charge is 2.07. The van der Waals surface area contributed by atoms with Gasteiger partial charge in [-0.15, -0.1) is 0 Å². The monoisotopic (exact) mass is 292 g/mol. The van der Waals surface area contributed by atoms with E-state index in [1.54, 1.807) is 12.1 Å². The van der Waals surface area contributed by atoms with E-state index in [2.05, 4.69) is 15.3 Å². The third-order valence-corrected chi connectivity index (χ3v) is 3.53. The Labute approximate surface area is 119 Å². The molecule has 0 saturated carbocycles. The summed E-state index contributed by atoms with van der Waals surface area (Å²) in [6, 6.07) is 10.9. The molecule has 0 aliphatic rings. The van der Waals surface area contributed by atoms with Crippen molar-refractivity contribution in [2.24, 2.45) is 0 Å². The van der Waals surface area contributed by atoms with Crippen molar-refractivity contribution in [3.63, 3.8) is 0 Å². The van der Waals surface area contributed by atoms with Gasteiger partial charge in [-0.05, 0) is 30.3 Å². The van der Waals surface area contributed by atoms with E-state index in [0.29, 0.717) is 27.4 Å². The van der Waals surface area contributed by atoms with E-state index in [4.69, 9.17) is 28.9 Å². The summed E-state index contributed by atoms with van der Waals surface area (Å²) in [4.78, 5) is 7.52. The van der Waals surface area contributed by atoms with Crippen molar-refractivity contribution < 1.29 is 0 Å². The number of halogens is 2. The van der Waals surface area contributed by atoms with Gasteiger partial charge in [0.25, 0.3) is 0 Å². The van der Waals surface area contributed by atoms with Crippen LogP contribution in [0.5, 0.6) is 0 Å². The Hall–Kier alpha value is -1.91. The molecule has 6 heteroatoms. The number of nitrogen functional groups attached to an aromatic ring is 1. The van der Waals surface area contributed by atoms with Gasteiger partial charge in [-0.25, -0.2) is 4.98 Å². The van der Waals surface area contributed by atoms with Gasteiger partial charge >= 0.3 is 0 Å². The number of hydrogen-bond donors (Lipinski definition) is 3. The molecular formula is C13H10Cl2N4. The Balaban J connectivity index is 1.99. The summed E-state index contributed by atoms with van der Waals surface area (Å²) in [7, 11) is 0. The molecule has 19 heavy (non-hydrogen) atoms. The van der Waals surface area contributed by atoms with E-state index in [1.807, 2.05) is 24.3 Å². The summed E-state index contributed by atoms with van der Waals surface area (Å²) in [5.41, 5.74) is 8.79. The highest BCUT2D eigenvalue weighted by molar-refractivity contribution is 6.43. The normalized spacial score (nSPS) is 10.8. The molecule has 0 atom stereocenters. The highest BCUT2D eigenvalue weighted by atomic mass is 35.5. The number of H-pyrrole nitrogens is 1. The Morgan fingerprint density at radius 3 is 2.84 bits per heavy atom. The molecule has 0 fully saturated rings. The molecule has 4 N–H and O–H groups in total. The summed E-state index contributed by atoms with van der Waals surface area (Å²) >= 11 is 12.1. The lowest BCUT2D eigenvalue weighted by Gasteiger charge is -2.05. The van der Waals surface area contributed by atoms with Gasteiger partial charge in [-0.1, -0.05) is 29.3 Å². The first-order chi connectivity index (χ1) is 9.13. The summed E-state index contributed by atoms with van der Waals surface area (Å²) in [6.45, 7) is 0. The van der Waals surface area contributed by atoms with Crippen LogP contribution in [0, 0.1) is 0 Å². The number of rotatable bonds is 2. The number of nitrogens with two attached hydrogens (primary N) is 1. The van der Waals surface area contributed by atoms with Gasteiger partial charge in [-0.2, -0.15) is 0 Å². The van der Waals surface area contributed by atoms with Crippen LogP contribution in [0.25, 0.3) is 11.0 Å². The Morgan fingerprint density at radius 2 is 2.00 bits per heavy atom. The maximum Gasteiger partial charge on any atom is 0.205 e. The Kier molecular flexibility index (Phi) is 2.97. The number of fused-ring (bicyclic) bond motifs is 1. The van der Waals surface area contributed by atoms with E-state index in [9.17, 15) is 0 Å². The standard InChI is InChI=1S/C13H10Cl2N4/c14-8-2-1-3-10(12(8)15)18-13-17-9-5-4-7(16)6-11(9)19-13/h1-6H,16H2,(H2,17,18,19). The molecule has 0 amide bonds. The van der Waals surface area contributed by atoms with Crippen molar-refractivity contribution >= 4 is 51.6 Å². The quantitative estimate of drug-likeness (QED) is 0.620. The van der Waals surface area contributed by atoms with Gasteiger partial charge in [0.2, 0.25) is 5.95 Å². The van der Waals surface area contributed by atoms with Crippen LogP contribution in [0.1, 0.15) is 0 Å². The first-order valence-electron chi connectivity index (χ1n) is 5.60. The number of anilines is 3. The number of aromatic amines is 1. The lowest BCUT2D eigenvalue weighted by atomic mass is 10.3. The van der Waals surface area contributed by atoms with E-state index in [0.717, 1.165) is 11.0 Å². The molecule has 0 unspecified atom stereocenters. The molecule has 3 rings (SSSR count). The summed E-state index contributed by atoms with van der Waals surface area (Å²) in [5, 5.41) is 4.05. The summed E-state index contributed by atoms with van der Waals surface area (Å²) < 4.78 is 0. The van der Waals surface area contributed by atoms with Gasteiger partial charge in [0.05, 0.1) is 26.8 Å². The van der Waals surface area contributed by atoms with Crippen molar-refractivity contribution in [2.75, 3.05) is 11.1 Å². The predicted octanol–water partition coefficient (Wildman–Crippen LogP) is 4.20. The molecule has 2 aromatic carbocycles. The van der Waals surface area contributed by atoms with Gasteiger partial charge < -0.3 is 16.0 Å². The molecular weight excluding hydrogens is 283 g/mol. The van der Waals surface area contributed by atoms with Crippen LogP contribution < -0.4 is 11.1 Å². The lowest BCUT2D eigenvalue weighted by molar-refractivity contribution is 1.31. The van der Waals surface area contributed by atoms with Crippen molar-refractivity contribution in [1.29, 1.82) is 0 Å². The van der Waals surface area contributed by atoms with E-state index in [1.165, 1.54) is 0 Å². The molecule has 1 heterocycles. The van der Waals surface area contributed by atoms with Crippen molar-refractivity contribution in [3.05, 3.63) is 46.4 Å². The molecule has 0 bridgehead atoms. The number of nitrogens with zero attached hydrogens (tertiary/aromatic N) is 1. The number of benzene rings is 2. The minimum Gasteiger partial charge on any atom is -0.399 e. The number of nitrogens with one attached hydrogen (secondary N) is 2. The largest absolute Gasteiger partial charge is 0.399 e. The van der Waals surface area contributed by atoms with E-state index in [-0.39, 0.29) is 0 Å². The first kappa shape index (κ1) is 12.1. The Bertz CT molecular complexity index is 751. The average Bonchev–Trinajstić information content (AvgIpc) is 2.76. The van der Waals surface area contributed by atoms with Crippen LogP contribution in [0.2, 0.25) is 10.0 Å². The third kappa shape index (κ3) is 2.32. The van der Waals surface area contributed by atoms with Crippen LogP contribution in [0.15, 0.2) is 36.4 Å². The van der Waals surface area contributed by atoms with Crippen LogP contribution in [-0.2, 0) is 0 Å².